The van der Waals surface area contributed by atoms with Crippen molar-refractivity contribution in [3.63, 3.8) is 0 Å². The summed E-state index contributed by atoms with van der Waals surface area (Å²) in [6.45, 7) is 0.880. The van der Waals surface area contributed by atoms with Crippen LogP contribution in [0.5, 0.6) is 11.5 Å². The summed E-state index contributed by atoms with van der Waals surface area (Å²) in [4.78, 5) is 27.4. The van der Waals surface area contributed by atoms with Crippen LogP contribution in [0.4, 0.5) is 5.69 Å². The van der Waals surface area contributed by atoms with Gasteiger partial charge in [0.25, 0.3) is 0 Å². The van der Waals surface area contributed by atoms with Gasteiger partial charge in [0, 0.05) is 35.1 Å². The molecule has 0 fully saturated rings. The Morgan fingerprint density at radius 1 is 0.829 bits per heavy atom. The van der Waals surface area contributed by atoms with Crippen LogP contribution in [0.25, 0.3) is 49.2 Å². The third-order valence-electron chi connectivity index (χ3n) is 8.31. The largest absolute Gasteiger partial charge is 0.507 e. The number of ether oxygens (including phenoxy) is 1. The first-order chi connectivity index (χ1) is 19.8. The highest BCUT2D eigenvalue weighted by Gasteiger charge is 2.32. The van der Waals surface area contributed by atoms with Gasteiger partial charge >= 0.3 is 0 Å². The molecule has 0 amide bonds. The van der Waals surface area contributed by atoms with Gasteiger partial charge in [0.2, 0.25) is 0 Å². The van der Waals surface area contributed by atoms with Crippen molar-refractivity contribution >= 4 is 54.9 Å². The molecule has 6 rings (SSSR count). The van der Waals surface area contributed by atoms with Gasteiger partial charge in [-0.15, -0.1) is 0 Å². The Balaban J connectivity index is 2.08. The topological polar surface area (TPSA) is 157 Å². The van der Waals surface area contributed by atoms with E-state index in [1.165, 1.54) is 19.2 Å². The van der Waals surface area contributed by atoms with Gasteiger partial charge in [-0.2, -0.15) is 0 Å². The van der Waals surface area contributed by atoms with Gasteiger partial charge in [-0.3, -0.25) is 9.59 Å². The van der Waals surface area contributed by atoms with Crippen LogP contribution in [0.1, 0.15) is 41.2 Å². The number of phenols is 1. The van der Waals surface area contributed by atoms with E-state index in [4.69, 9.17) is 4.74 Å². The standard InChI is InChI=1S/C32H31NO8/c1-14-8-18-17(4-3-6-34)31(40)27-21(39)11-16(13-37)23-22-15(12-36)10-20(38)26-28(22)25(24(18)29(23)27)19(9-14)32(41-2)30(26)33-5-7-35/h8,10-11,33-37,40H,3-7,9,12-13H2,1-2H3. The van der Waals surface area contributed by atoms with E-state index in [0.717, 1.165) is 11.1 Å². The molecule has 0 unspecified atom stereocenters. The van der Waals surface area contributed by atoms with E-state index in [0.29, 0.717) is 90.7 Å². The first kappa shape index (κ1) is 27.2. The summed E-state index contributed by atoms with van der Waals surface area (Å²) in [6.07, 6.45) is 3.06. The van der Waals surface area contributed by atoms with Gasteiger partial charge in [0.1, 0.15) is 11.5 Å². The number of anilines is 1. The van der Waals surface area contributed by atoms with Crippen LogP contribution in [0.3, 0.4) is 0 Å². The summed E-state index contributed by atoms with van der Waals surface area (Å²) in [5.74, 6) is 0.262. The van der Waals surface area contributed by atoms with E-state index in [9.17, 15) is 35.1 Å². The second kappa shape index (κ2) is 10.1. The Morgan fingerprint density at radius 2 is 1.46 bits per heavy atom. The van der Waals surface area contributed by atoms with Gasteiger partial charge in [-0.1, -0.05) is 11.6 Å². The fourth-order valence-corrected chi connectivity index (χ4v) is 6.84. The van der Waals surface area contributed by atoms with E-state index >= 15 is 0 Å². The molecule has 5 aromatic rings. The number of hydrogen-bond donors (Lipinski definition) is 6. The molecule has 0 spiro atoms. The summed E-state index contributed by atoms with van der Waals surface area (Å²) < 4.78 is 5.95. The fourth-order valence-electron chi connectivity index (χ4n) is 6.84. The number of methoxy groups -OCH3 is 1. The summed E-state index contributed by atoms with van der Waals surface area (Å²) in [5.41, 5.74) is 3.17. The van der Waals surface area contributed by atoms with Crippen LogP contribution in [-0.4, -0.2) is 52.4 Å². The first-order valence-corrected chi connectivity index (χ1v) is 13.6. The third kappa shape index (κ3) is 3.70. The van der Waals surface area contributed by atoms with E-state index in [2.05, 4.69) is 5.32 Å². The molecule has 9 nitrogen and oxygen atoms in total. The molecule has 41 heavy (non-hydrogen) atoms. The highest BCUT2D eigenvalue weighted by atomic mass is 16.5. The Morgan fingerprint density at radius 3 is 2.05 bits per heavy atom. The van der Waals surface area contributed by atoms with Crippen molar-refractivity contribution < 1.29 is 30.3 Å². The summed E-state index contributed by atoms with van der Waals surface area (Å²) in [6, 6.07) is 2.66. The smallest absolute Gasteiger partial charge is 0.190 e. The lowest BCUT2D eigenvalue weighted by Gasteiger charge is -2.25. The van der Waals surface area contributed by atoms with Gasteiger partial charge in [0.05, 0.1) is 43.4 Å². The van der Waals surface area contributed by atoms with Crippen LogP contribution in [0, 0.1) is 0 Å². The lowest BCUT2D eigenvalue weighted by molar-refractivity contribution is 0.282. The molecule has 0 aliphatic heterocycles. The summed E-state index contributed by atoms with van der Waals surface area (Å²) in [5, 5.41) is 58.8. The zero-order valence-electron chi connectivity index (χ0n) is 22.8. The van der Waals surface area contributed by atoms with E-state index in [-0.39, 0.29) is 36.3 Å². The molecule has 9 heteroatoms. The van der Waals surface area contributed by atoms with Crippen LogP contribution >= 0.6 is 0 Å². The minimum Gasteiger partial charge on any atom is -0.507 e. The number of nitrogens with one attached hydrogen (secondary N) is 1. The molecule has 0 heterocycles. The van der Waals surface area contributed by atoms with Crippen LogP contribution in [-0.2, 0) is 26.1 Å². The van der Waals surface area contributed by atoms with Crippen molar-refractivity contribution in [3.8, 4) is 11.5 Å². The van der Waals surface area contributed by atoms with E-state index < -0.39 is 18.6 Å². The molecule has 0 radical (unpaired) electrons. The molecular weight excluding hydrogens is 526 g/mol. The Labute approximate surface area is 234 Å². The highest BCUT2D eigenvalue weighted by Crippen LogP contribution is 2.53. The van der Waals surface area contributed by atoms with Gasteiger partial charge in [-0.25, -0.2) is 0 Å². The predicted molar refractivity (Wildman–Crippen MR) is 160 cm³/mol. The minimum absolute atomic E-state index is 0.0955. The number of rotatable bonds is 9. The molecule has 0 saturated carbocycles. The van der Waals surface area contributed by atoms with E-state index in [1.54, 1.807) is 0 Å². The normalized spacial score (nSPS) is 13.2. The maximum Gasteiger partial charge on any atom is 0.190 e. The zero-order valence-corrected chi connectivity index (χ0v) is 22.8. The van der Waals surface area contributed by atoms with Gasteiger partial charge in [0.15, 0.2) is 10.9 Å². The van der Waals surface area contributed by atoms with Gasteiger partial charge in [-0.05, 0) is 76.6 Å². The predicted octanol–water partition coefficient (Wildman–Crippen LogP) is 2.88. The van der Waals surface area contributed by atoms with Crippen LogP contribution in [0.2, 0.25) is 0 Å². The quantitative estimate of drug-likeness (QED) is 0.118. The Hall–Kier alpha value is -4.02. The number of benzene rings is 5. The van der Waals surface area contributed by atoms with Crippen molar-refractivity contribution in [2.75, 3.05) is 32.2 Å². The zero-order chi connectivity index (χ0) is 29.2. The highest BCUT2D eigenvalue weighted by molar-refractivity contribution is 6.38. The molecule has 0 saturated heterocycles. The molecule has 6 N–H and O–H groups in total. The minimum atomic E-state index is -0.476. The number of aromatic hydroxyl groups is 1. The van der Waals surface area contributed by atoms with E-state index in [1.807, 2.05) is 13.0 Å². The number of fused-ring (bicyclic) bond motifs is 1. The van der Waals surface area contributed by atoms with Gasteiger partial charge < -0.3 is 35.6 Å². The number of aliphatic hydroxyl groups excluding tert-OH is 4. The second-order valence-electron chi connectivity index (χ2n) is 10.7. The molecule has 5 aromatic carbocycles. The summed E-state index contributed by atoms with van der Waals surface area (Å²) in [7, 11) is 1.52. The van der Waals surface area contributed by atoms with Crippen molar-refractivity contribution in [1.29, 1.82) is 0 Å². The summed E-state index contributed by atoms with van der Waals surface area (Å²) >= 11 is 0. The average molecular weight is 558 g/mol. The Kier molecular flexibility index (Phi) is 6.70. The number of hydrogen-bond acceptors (Lipinski definition) is 9. The molecule has 0 atom stereocenters. The number of aliphatic hydroxyl groups is 4. The van der Waals surface area contributed by atoms with Crippen molar-refractivity contribution in [3.05, 3.63) is 66.0 Å². The SMILES string of the molecule is COc1c(NCCO)c2c(=O)cc(CO)c3c4c(CO)cc(=O)c5c(O)c(CCCO)c6c(c(c1CC(C)=C6)c23)c54. The maximum absolute atomic E-state index is 13.8. The molecule has 1 aliphatic rings. The van der Waals surface area contributed by atoms with Crippen molar-refractivity contribution in [1.82, 2.24) is 0 Å². The molecule has 0 bridgehead atoms. The van der Waals surface area contributed by atoms with Crippen LogP contribution < -0.4 is 20.9 Å². The molecular formula is C32H31NO8. The monoisotopic (exact) mass is 557 g/mol. The number of phenolic OH excluding ortho intramolecular Hbond substituents is 1. The maximum atomic E-state index is 13.8. The molecule has 212 valence electrons. The molecule has 0 aromatic heterocycles. The second-order valence-corrected chi connectivity index (χ2v) is 10.7. The first-order valence-electron chi connectivity index (χ1n) is 13.6. The fraction of sp³-hybridized carbons (Fsp3) is 0.312. The third-order valence-corrected chi connectivity index (χ3v) is 8.31. The number of allylic oxidation sites excluding steroid dienone is 1. The lowest BCUT2D eigenvalue weighted by Crippen LogP contribution is -2.15. The van der Waals surface area contributed by atoms with Crippen molar-refractivity contribution in [2.24, 2.45) is 0 Å². The van der Waals surface area contributed by atoms with Crippen LogP contribution in [0.15, 0.2) is 27.3 Å². The Bertz CT molecular complexity index is 2010. The lowest BCUT2D eigenvalue weighted by atomic mass is 9.80. The molecule has 1 aliphatic carbocycles. The average Bonchev–Trinajstić information content (AvgIpc) is 3.11. The van der Waals surface area contributed by atoms with Crippen molar-refractivity contribution in [2.45, 2.75) is 39.4 Å².